The molecule has 1 saturated heterocycles. The number of anilines is 3. The molecule has 0 bridgehead atoms. The zero-order chi connectivity index (χ0) is 18.2. The first-order chi connectivity index (χ1) is 12.8. The van der Waals surface area contributed by atoms with E-state index in [1.54, 1.807) is 25.4 Å². The predicted molar refractivity (Wildman–Crippen MR) is 105 cm³/mol. The molecule has 0 unspecified atom stereocenters. The lowest BCUT2D eigenvalue weighted by Crippen LogP contribution is -2.17. The summed E-state index contributed by atoms with van der Waals surface area (Å²) in [6, 6.07) is 11.5. The first-order valence-corrected chi connectivity index (χ1v) is 9.11. The van der Waals surface area contributed by atoms with Gasteiger partial charge in [-0.3, -0.25) is 4.79 Å². The van der Waals surface area contributed by atoms with Gasteiger partial charge >= 0.3 is 0 Å². The molecule has 26 heavy (non-hydrogen) atoms. The van der Waals surface area contributed by atoms with E-state index in [-0.39, 0.29) is 5.91 Å². The number of aromatic nitrogens is 1. The van der Waals surface area contributed by atoms with E-state index in [1.165, 1.54) is 18.5 Å². The van der Waals surface area contributed by atoms with E-state index in [0.717, 1.165) is 31.7 Å². The molecule has 6 heteroatoms. The van der Waals surface area contributed by atoms with Crippen LogP contribution in [-0.4, -0.2) is 44.2 Å². The van der Waals surface area contributed by atoms with Crippen LogP contribution in [0.15, 0.2) is 42.6 Å². The van der Waals surface area contributed by atoms with Gasteiger partial charge in [0.15, 0.2) is 0 Å². The second-order valence-corrected chi connectivity index (χ2v) is 6.40. The number of nitrogens with zero attached hydrogens (tertiary/aromatic N) is 2. The van der Waals surface area contributed by atoms with Crippen molar-refractivity contribution < 1.29 is 9.53 Å². The van der Waals surface area contributed by atoms with Crippen molar-refractivity contribution in [2.75, 3.05) is 48.9 Å². The highest BCUT2D eigenvalue weighted by molar-refractivity contribution is 6.04. The highest BCUT2D eigenvalue weighted by atomic mass is 16.5. The zero-order valence-corrected chi connectivity index (χ0v) is 15.2. The van der Waals surface area contributed by atoms with Crippen molar-refractivity contribution in [2.45, 2.75) is 19.3 Å². The van der Waals surface area contributed by atoms with Crippen LogP contribution in [0.3, 0.4) is 0 Å². The Morgan fingerprint density at radius 2 is 1.96 bits per heavy atom. The number of pyridine rings is 1. The minimum atomic E-state index is -0.138. The first kappa shape index (κ1) is 18.2. The molecule has 6 nitrogen and oxygen atoms in total. The number of ether oxygens (including phenoxy) is 1. The minimum absolute atomic E-state index is 0.138. The summed E-state index contributed by atoms with van der Waals surface area (Å²) in [6.07, 6.45) is 5.03. The van der Waals surface area contributed by atoms with Crippen molar-refractivity contribution in [1.29, 1.82) is 0 Å². The second-order valence-electron chi connectivity index (χ2n) is 6.40. The van der Waals surface area contributed by atoms with E-state index in [2.05, 4.69) is 32.7 Å². The molecule has 3 rings (SSSR count). The summed E-state index contributed by atoms with van der Waals surface area (Å²) in [5.74, 6) is 0.555. The van der Waals surface area contributed by atoms with Crippen LogP contribution in [0.25, 0.3) is 0 Å². The molecule has 2 heterocycles. The number of hydrogen-bond acceptors (Lipinski definition) is 5. The lowest BCUT2D eigenvalue weighted by atomic mass is 10.2. The Kier molecular flexibility index (Phi) is 6.44. The number of nitrogens with one attached hydrogen (secondary N) is 2. The highest BCUT2D eigenvalue weighted by Gasteiger charge is 2.12. The fourth-order valence-electron chi connectivity index (χ4n) is 3.04. The van der Waals surface area contributed by atoms with Gasteiger partial charge in [-0.2, -0.15) is 0 Å². The number of hydrogen-bond donors (Lipinski definition) is 2. The Bertz CT molecular complexity index is 712. The van der Waals surface area contributed by atoms with Crippen LogP contribution in [0.2, 0.25) is 0 Å². The van der Waals surface area contributed by atoms with Crippen molar-refractivity contribution in [3.63, 3.8) is 0 Å². The predicted octanol–water partition coefficient (Wildman–Crippen LogP) is 3.38. The fourth-order valence-corrected chi connectivity index (χ4v) is 3.04. The van der Waals surface area contributed by atoms with Gasteiger partial charge in [-0.1, -0.05) is 0 Å². The Hall–Kier alpha value is -2.60. The van der Waals surface area contributed by atoms with Gasteiger partial charge in [0.25, 0.3) is 5.91 Å². The van der Waals surface area contributed by atoms with Crippen molar-refractivity contribution >= 4 is 23.1 Å². The monoisotopic (exact) mass is 354 g/mol. The van der Waals surface area contributed by atoms with Gasteiger partial charge in [0, 0.05) is 56.5 Å². The van der Waals surface area contributed by atoms with Gasteiger partial charge in [0.1, 0.15) is 5.82 Å². The van der Waals surface area contributed by atoms with Crippen LogP contribution in [0.5, 0.6) is 0 Å². The maximum Gasteiger partial charge on any atom is 0.255 e. The van der Waals surface area contributed by atoms with E-state index in [0.29, 0.717) is 18.0 Å². The number of benzene rings is 1. The summed E-state index contributed by atoms with van der Waals surface area (Å²) >= 11 is 0. The smallest absolute Gasteiger partial charge is 0.255 e. The van der Waals surface area contributed by atoms with Crippen LogP contribution in [0.1, 0.15) is 29.6 Å². The van der Waals surface area contributed by atoms with Gasteiger partial charge in [0.05, 0.1) is 0 Å². The average molecular weight is 354 g/mol. The molecular weight excluding hydrogens is 328 g/mol. The van der Waals surface area contributed by atoms with E-state index in [9.17, 15) is 4.79 Å². The molecule has 2 N–H and O–H groups in total. The zero-order valence-electron chi connectivity index (χ0n) is 15.2. The largest absolute Gasteiger partial charge is 0.385 e. The fraction of sp³-hybridized carbons (Fsp3) is 0.400. The van der Waals surface area contributed by atoms with Crippen molar-refractivity contribution in [3.8, 4) is 0 Å². The number of methoxy groups -OCH3 is 1. The standard InChI is InChI=1S/C20H26N4O2/c1-26-14-4-10-21-19-15-16(9-11-22-19)20(25)23-17-5-7-18(8-6-17)24-12-2-3-13-24/h5-9,11,15H,2-4,10,12-14H2,1H3,(H,21,22)(H,23,25). The molecule has 0 saturated carbocycles. The Morgan fingerprint density at radius 1 is 1.19 bits per heavy atom. The van der Waals surface area contributed by atoms with Gasteiger partial charge < -0.3 is 20.3 Å². The maximum atomic E-state index is 12.5. The summed E-state index contributed by atoms with van der Waals surface area (Å²) in [6.45, 7) is 3.68. The lowest BCUT2D eigenvalue weighted by molar-refractivity contribution is 0.102. The number of carbonyl (C=O) groups is 1. The number of rotatable bonds is 8. The van der Waals surface area contributed by atoms with Crippen LogP contribution < -0.4 is 15.5 Å². The maximum absolute atomic E-state index is 12.5. The molecule has 1 fully saturated rings. The van der Waals surface area contributed by atoms with Crippen LogP contribution in [0, 0.1) is 0 Å². The van der Waals surface area contributed by atoms with Crippen molar-refractivity contribution in [2.24, 2.45) is 0 Å². The molecule has 1 aromatic carbocycles. The van der Waals surface area contributed by atoms with Gasteiger partial charge in [-0.15, -0.1) is 0 Å². The topological polar surface area (TPSA) is 66.5 Å². The second kappa shape index (κ2) is 9.20. The quantitative estimate of drug-likeness (QED) is 0.712. The van der Waals surface area contributed by atoms with Gasteiger partial charge in [-0.05, 0) is 55.7 Å². The third-order valence-electron chi connectivity index (χ3n) is 4.45. The van der Waals surface area contributed by atoms with Crippen LogP contribution >= 0.6 is 0 Å². The van der Waals surface area contributed by atoms with E-state index < -0.39 is 0 Å². The highest BCUT2D eigenvalue weighted by Crippen LogP contribution is 2.22. The third kappa shape index (κ3) is 4.95. The van der Waals surface area contributed by atoms with Crippen LogP contribution in [-0.2, 0) is 4.74 Å². The first-order valence-electron chi connectivity index (χ1n) is 9.11. The number of amides is 1. The van der Waals surface area contributed by atoms with Crippen LogP contribution in [0.4, 0.5) is 17.2 Å². The molecule has 138 valence electrons. The summed E-state index contributed by atoms with van der Waals surface area (Å²) in [5, 5.41) is 6.15. The lowest BCUT2D eigenvalue weighted by Gasteiger charge is -2.17. The summed E-state index contributed by atoms with van der Waals surface area (Å²) in [4.78, 5) is 19.1. The normalized spacial score (nSPS) is 13.7. The molecule has 1 amide bonds. The SMILES string of the molecule is COCCCNc1cc(C(=O)Nc2ccc(N3CCCC3)cc2)ccn1. The molecule has 1 aliphatic rings. The Labute approximate surface area is 154 Å². The third-order valence-corrected chi connectivity index (χ3v) is 4.45. The minimum Gasteiger partial charge on any atom is -0.385 e. The molecule has 1 aliphatic heterocycles. The average Bonchev–Trinajstić information content (AvgIpc) is 3.21. The number of carbonyl (C=O) groups excluding carboxylic acids is 1. The molecule has 0 radical (unpaired) electrons. The van der Waals surface area contributed by atoms with Crippen molar-refractivity contribution in [1.82, 2.24) is 4.98 Å². The summed E-state index contributed by atoms with van der Waals surface area (Å²) in [7, 11) is 1.68. The van der Waals surface area contributed by atoms with E-state index >= 15 is 0 Å². The molecule has 0 spiro atoms. The van der Waals surface area contributed by atoms with E-state index in [4.69, 9.17) is 4.74 Å². The molecule has 1 aromatic heterocycles. The summed E-state index contributed by atoms with van der Waals surface area (Å²) < 4.78 is 5.02. The van der Waals surface area contributed by atoms with Crippen molar-refractivity contribution in [3.05, 3.63) is 48.2 Å². The molecule has 0 atom stereocenters. The van der Waals surface area contributed by atoms with E-state index in [1.807, 2.05) is 12.1 Å². The Morgan fingerprint density at radius 3 is 2.69 bits per heavy atom. The van der Waals surface area contributed by atoms with Gasteiger partial charge in [-0.25, -0.2) is 4.98 Å². The molecular formula is C20H26N4O2. The summed E-state index contributed by atoms with van der Waals surface area (Å²) in [5.41, 5.74) is 2.59. The Balaban J connectivity index is 1.57. The molecule has 2 aromatic rings. The molecule has 0 aliphatic carbocycles. The van der Waals surface area contributed by atoms with Gasteiger partial charge in [0.2, 0.25) is 0 Å².